The summed E-state index contributed by atoms with van der Waals surface area (Å²) in [4.78, 5) is 13.5. The van der Waals surface area contributed by atoms with Gasteiger partial charge in [-0.25, -0.2) is 10.0 Å². The van der Waals surface area contributed by atoms with Crippen molar-refractivity contribution in [2.75, 3.05) is 48.9 Å². The Morgan fingerprint density at radius 1 is 0.783 bits per heavy atom. The molecule has 0 radical (unpaired) electrons. The van der Waals surface area contributed by atoms with Crippen LogP contribution in [0.3, 0.4) is 0 Å². The molecule has 128 valence electrons. The van der Waals surface area contributed by atoms with Crippen molar-refractivity contribution in [1.82, 2.24) is 25.0 Å². The van der Waals surface area contributed by atoms with Crippen LogP contribution in [-0.2, 0) is 0 Å². The third kappa shape index (κ3) is 4.90. The highest BCUT2D eigenvalue weighted by atomic mass is 15.6. The second kappa shape index (κ2) is 8.26. The molecular formula is C15H28N8. The van der Waals surface area contributed by atoms with Gasteiger partial charge in [0.15, 0.2) is 0 Å². The lowest BCUT2D eigenvalue weighted by atomic mass is 10.3. The Kier molecular flexibility index (Phi) is 5.82. The van der Waals surface area contributed by atoms with Crippen molar-refractivity contribution < 1.29 is 0 Å². The van der Waals surface area contributed by atoms with Gasteiger partial charge in [-0.15, -0.1) is 0 Å². The maximum atomic E-state index is 4.52. The van der Waals surface area contributed by atoms with E-state index in [-0.39, 0.29) is 0 Å². The highest BCUT2D eigenvalue weighted by Crippen LogP contribution is 2.15. The van der Waals surface area contributed by atoms with Crippen LogP contribution < -0.4 is 16.2 Å². The van der Waals surface area contributed by atoms with Crippen LogP contribution in [0.15, 0.2) is 0 Å². The van der Waals surface area contributed by atoms with Crippen LogP contribution in [0.5, 0.6) is 0 Å². The first-order valence-electron chi connectivity index (χ1n) is 8.86. The van der Waals surface area contributed by atoms with E-state index in [1.807, 2.05) is 0 Å². The first-order chi connectivity index (χ1) is 11.3. The topological polar surface area (TPSA) is 81.2 Å². The molecule has 0 aliphatic carbocycles. The van der Waals surface area contributed by atoms with Crippen LogP contribution in [0.4, 0.5) is 17.8 Å². The summed E-state index contributed by atoms with van der Waals surface area (Å²) in [5.74, 6) is 1.86. The minimum absolute atomic E-state index is 0.614. The van der Waals surface area contributed by atoms with Gasteiger partial charge < -0.3 is 5.32 Å². The lowest BCUT2D eigenvalue weighted by Gasteiger charge is -2.19. The molecule has 3 heterocycles. The number of rotatable bonds is 8. The van der Waals surface area contributed by atoms with Gasteiger partial charge in [-0.1, -0.05) is 13.3 Å². The molecule has 0 atom stereocenters. The normalized spacial score (nSPS) is 19.2. The second-order valence-corrected chi connectivity index (χ2v) is 6.20. The van der Waals surface area contributed by atoms with Crippen LogP contribution in [-0.4, -0.2) is 57.7 Å². The van der Waals surface area contributed by atoms with E-state index >= 15 is 0 Å². The zero-order chi connectivity index (χ0) is 15.9. The molecule has 23 heavy (non-hydrogen) atoms. The van der Waals surface area contributed by atoms with E-state index in [1.165, 1.54) is 25.7 Å². The number of hydrogen-bond donors (Lipinski definition) is 3. The third-order valence-electron chi connectivity index (χ3n) is 4.18. The smallest absolute Gasteiger partial charge is 0.244 e. The Bertz CT molecular complexity index is 446. The quantitative estimate of drug-likeness (QED) is 0.627. The lowest BCUT2D eigenvalue weighted by Crippen LogP contribution is -2.30. The summed E-state index contributed by atoms with van der Waals surface area (Å²) < 4.78 is 0. The van der Waals surface area contributed by atoms with Crippen molar-refractivity contribution in [2.45, 2.75) is 45.4 Å². The number of unbranched alkanes of at least 4 members (excludes halogenated alkanes) is 1. The Labute approximate surface area is 138 Å². The standard InChI is InChI=1S/C15H28N8/c1-2-3-8-16-13-17-14(20-22-9-4-5-10-22)19-15(18-13)21-23-11-6-7-12-23/h2-12H2,1H3,(H3,16,17,18,19,20,21). The SMILES string of the molecule is CCCCNc1nc(NN2CCCC2)nc(NN2CCCC2)n1. The van der Waals surface area contributed by atoms with Crippen molar-refractivity contribution in [3.8, 4) is 0 Å². The Balaban J connectivity index is 1.68. The third-order valence-corrected chi connectivity index (χ3v) is 4.18. The van der Waals surface area contributed by atoms with Gasteiger partial charge in [0.25, 0.3) is 0 Å². The zero-order valence-electron chi connectivity index (χ0n) is 14.0. The number of nitrogens with zero attached hydrogens (tertiary/aromatic N) is 5. The van der Waals surface area contributed by atoms with Gasteiger partial charge in [0, 0.05) is 32.7 Å². The van der Waals surface area contributed by atoms with E-state index in [1.54, 1.807) is 0 Å². The highest BCUT2D eigenvalue weighted by Gasteiger charge is 2.16. The zero-order valence-corrected chi connectivity index (χ0v) is 14.0. The fraction of sp³-hybridized carbons (Fsp3) is 0.800. The number of aromatic nitrogens is 3. The van der Waals surface area contributed by atoms with Crippen molar-refractivity contribution in [1.29, 1.82) is 0 Å². The van der Waals surface area contributed by atoms with Crippen LogP contribution in [0, 0.1) is 0 Å². The average molecular weight is 320 g/mol. The summed E-state index contributed by atoms with van der Waals surface area (Å²) in [7, 11) is 0. The average Bonchev–Trinajstić information content (AvgIpc) is 3.21. The molecule has 0 unspecified atom stereocenters. The molecule has 0 spiro atoms. The summed E-state index contributed by atoms with van der Waals surface area (Å²) in [6, 6.07) is 0. The fourth-order valence-corrected chi connectivity index (χ4v) is 2.87. The molecule has 3 N–H and O–H groups in total. The van der Waals surface area contributed by atoms with Gasteiger partial charge in [0.1, 0.15) is 0 Å². The first-order valence-corrected chi connectivity index (χ1v) is 8.86. The van der Waals surface area contributed by atoms with Gasteiger partial charge in [0.2, 0.25) is 17.8 Å². The summed E-state index contributed by atoms with van der Waals surface area (Å²) >= 11 is 0. The largest absolute Gasteiger partial charge is 0.354 e. The lowest BCUT2D eigenvalue weighted by molar-refractivity contribution is 0.400. The van der Waals surface area contributed by atoms with Gasteiger partial charge in [-0.2, -0.15) is 15.0 Å². The van der Waals surface area contributed by atoms with Crippen LogP contribution in [0.2, 0.25) is 0 Å². The van der Waals surface area contributed by atoms with Crippen molar-refractivity contribution in [2.24, 2.45) is 0 Å². The molecule has 0 bridgehead atoms. The molecule has 2 fully saturated rings. The molecule has 0 amide bonds. The van der Waals surface area contributed by atoms with Crippen molar-refractivity contribution in [3.63, 3.8) is 0 Å². The summed E-state index contributed by atoms with van der Waals surface area (Å²) in [5, 5.41) is 7.64. The van der Waals surface area contributed by atoms with Gasteiger partial charge >= 0.3 is 0 Å². The Morgan fingerprint density at radius 2 is 1.26 bits per heavy atom. The maximum Gasteiger partial charge on any atom is 0.244 e. The van der Waals surface area contributed by atoms with Crippen LogP contribution >= 0.6 is 0 Å². The fourth-order valence-electron chi connectivity index (χ4n) is 2.87. The van der Waals surface area contributed by atoms with E-state index in [0.29, 0.717) is 17.8 Å². The Morgan fingerprint density at radius 3 is 1.74 bits per heavy atom. The molecule has 2 aliphatic heterocycles. The maximum absolute atomic E-state index is 4.52. The van der Waals surface area contributed by atoms with E-state index in [0.717, 1.165) is 45.6 Å². The van der Waals surface area contributed by atoms with Crippen molar-refractivity contribution in [3.05, 3.63) is 0 Å². The van der Waals surface area contributed by atoms with Crippen LogP contribution in [0.1, 0.15) is 45.4 Å². The summed E-state index contributed by atoms with van der Waals surface area (Å²) in [6.07, 6.45) is 7.14. The number of anilines is 3. The van der Waals surface area contributed by atoms with Gasteiger partial charge in [0.05, 0.1) is 0 Å². The van der Waals surface area contributed by atoms with E-state index < -0.39 is 0 Å². The monoisotopic (exact) mass is 320 g/mol. The van der Waals surface area contributed by atoms with Gasteiger partial charge in [-0.05, 0) is 32.1 Å². The highest BCUT2D eigenvalue weighted by molar-refractivity contribution is 5.41. The minimum atomic E-state index is 0.614. The summed E-state index contributed by atoms with van der Waals surface area (Å²) in [5.41, 5.74) is 6.62. The van der Waals surface area contributed by atoms with E-state index in [9.17, 15) is 0 Å². The molecule has 0 saturated carbocycles. The van der Waals surface area contributed by atoms with E-state index in [4.69, 9.17) is 0 Å². The number of hydrazine groups is 2. The number of nitrogens with one attached hydrogen (secondary N) is 3. The van der Waals surface area contributed by atoms with Gasteiger partial charge in [-0.3, -0.25) is 10.9 Å². The molecule has 2 saturated heterocycles. The predicted molar refractivity (Wildman–Crippen MR) is 92.1 cm³/mol. The molecule has 3 rings (SSSR count). The first kappa shape index (κ1) is 16.2. The molecule has 8 heteroatoms. The molecule has 1 aromatic heterocycles. The molecular weight excluding hydrogens is 292 g/mol. The van der Waals surface area contributed by atoms with Crippen molar-refractivity contribution >= 4 is 17.8 Å². The minimum Gasteiger partial charge on any atom is -0.354 e. The molecule has 8 nitrogen and oxygen atoms in total. The predicted octanol–water partition coefficient (Wildman–Crippen LogP) is 1.93. The molecule has 0 aromatic carbocycles. The summed E-state index contributed by atoms with van der Waals surface area (Å²) in [6.45, 7) is 7.22. The van der Waals surface area contributed by atoms with E-state index in [2.05, 4.69) is 48.1 Å². The number of hydrogen-bond acceptors (Lipinski definition) is 8. The van der Waals surface area contributed by atoms with Crippen LogP contribution in [0.25, 0.3) is 0 Å². The molecule has 2 aliphatic rings. The molecule has 1 aromatic rings. The second-order valence-electron chi connectivity index (χ2n) is 6.20. The Hall–Kier alpha value is -1.67.